The summed E-state index contributed by atoms with van der Waals surface area (Å²) in [5.74, 6) is 0.234. The van der Waals surface area contributed by atoms with Gasteiger partial charge in [-0.2, -0.15) is 0 Å². The molecule has 1 aliphatic heterocycles. The maximum atomic E-state index is 15.4. The van der Waals surface area contributed by atoms with Crippen LogP contribution in [-0.4, -0.2) is 65.0 Å². The molecule has 0 aliphatic carbocycles. The topological polar surface area (TPSA) is 137 Å². The van der Waals surface area contributed by atoms with Crippen LogP contribution in [0.25, 0.3) is 11.0 Å². The first-order chi connectivity index (χ1) is 14.4. The van der Waals surface area contributed by atoms with E-state index in [0.29, 0.717) is 14.6 Å². The maximum Gasteiger partial charge on any atom is 0.508 e. The number of hydrogen-bond acceptors (Lipinski definition) is 10. The lowest BCUT2D eigenvalue weighted by Crippen LogP contribution is -2.37. The Hall–Kier alpha value is -2.42. The van der Waals surface area contributed by atoms with E-state index in [4.69, 9.17) is 24.7 Å². The first-order valence-electron chi connectivity index (χ1n) is 9.06. The molecule has 13 heteroatoms. The Kier molecular flexibility index (Phi) is 7.12. The lowest BCUT2D eigenvalue weighted by atomic mass is 10.1. The molecule has 2 aromatic heterocycles. The minimum atomic E-state index is -1.81. The van der Waals surface area contributed by atoms with Crippen LogP contribution >= 0.6 is 22.6 Å². The number of nitrogen functional groups attached to an aromatic ring is 1. The van der Waals surface area contributed by atoms with Gasteiger partial charge in [0.25, 0.3) is 0 Å². The summed E-state index contributed by atoms with van der Waals surface area (Å²) in [5, 5.41) is 0.544. The zero-order chi connectivity index (χ0) is 21.8. The second-order valence-electron chi connectivity index (χ2n) is 6.11. The lowest BCUT2D eigenvalue weighted by molar-refractivity contribution is -0.0653. The van der Waals surface area contributed by atoms with Crippen LogP contribution in [0.2, 0.25) is 0 Å². The third kappa shape index (κ3) is 4.50. The van der Waals surface area contributed by atoms with Gasteiger partial charge in [0.05, 0.1) is 18.6 Å². The van der Waals surface area contributed by atoms with E-state index in [1.54, 1.807) is 20.0 Å². The van der Waals surface area contributed by atoms with E-state index in [1.165, 1.54) is 10.9 Å². The highest BCUT2D eigenvalue weighted by Gasteiger charge is 2.50. The van der Waals surface area contributed by atoms with Gasteiger partial charge in [0, 0.05) is 9.77 Å². The molecule has 11 nitrogen and oxygen atoms in total. The number of fused-ring (bicyclic) bond motifs is 1. The van der Waals surface area contributed by atoms with Gasteiger partial charge in [-0.15, -0.1) is 0 Å². The van der Waals surface area contributed by atoms with Crippen LogP contribution in [0.3, 0.4) is 0 Å². The molecule has 0 bridgehead atoms. The van der Waals surface area contributed by atoms with Gasteiger partial charge in [-0.05, 0) is 36.4 Å². The Labute approximate surface area is 184 Å². The smallest absolute Gasteiger partial charge is 0.435 e. The van der Waals surface area contributed by atoms with Crippen molar-refractivity contribution >= 4 is 51.8 Å². The monoisotopic (exact) mass is 538 g/mol. The summed E-state index contributed by atoms with van der Waals surface area (Å²) in [6.07, 6.45) is -4.69. The van der Waals surface area contributed by atoms with Crippen molar-refractivity contribution in [2.24, 2.45) is 0 Å². The van der Waals surface area contributed by atoms with E-state index >= 15 is 4.39 Å². The molecular formula is C17H20FIN4O7. The van der Waals surface area contributed by atoms with Gasteiger partial charge in [0.15, 0.2) is 18.5 Å². The molecule has 1 fully saturated rings. The first kappa shape index (κ1) is 22.3. The Balaban J connectivity index is 1.88. The zero-order valence-corrected chi connectivity index (χ0v) is 18.3. The van der Waals surface area contributed by atoms with Gasteiger partial charge in [-0.3, -0.25) is 0 Å². The Morgan fingerprint density at radius 3 is 2.63 bits per heavy atom. The number of hydrogen-bond donors (Lipinski definition) is 1. The van der Waals surface area contributed by atoms with Gasteiger partial charge in [0.1, 0.15) is 30.5 Å². The third-order valence-corrected chi connectivity index (χ3v) is 5.07. The van der Waals surface area contributed by atoms with E-state index in [0.717, 1.165) is 0 Å². The standard InChI is InChI=1S/C17H20FIN4O7/c1-3-26-16(24)28-6-9-12(30-17(25)27-4-2)11(18)15(29-9)23-5-8(19)10-13(20)21-7-22-14(10)23/h5,7,9,11-12,15H,3-4,6H2,1-2H3,(H2,20,21,22)/t9-,11-,12?,15-/m1/s1. The summed E-state index contributed by atoms with van der Waals surface area (Å²) in [5.41, 5.74) is 6.25. The van der Waals surface area contributed by atoms with Crippen LogP contribution in [0.4, 0.5) is 19.8 Å². The fourth-order valence-electron chi connectivity index (χ4n) is 3.02. The van der Waals surface area contributed by atoms with Crippen LogP contribution in [-0.2, 0) is 23.7 Å². The van der Waals surface area contributed by atoms with Gasteiger partial charge < -0.3 is 34.0 Å². The molecule has 164 valence electrons. The largest absolute Gasteiger partial charge is 0.508 e. The molecule has 4 atom stereocenters. The van der Waals surface area contributed by atoms with E-state index in [2.05, 4.69) is 14.7 Å². The van der Waals surface area contributed by atoms with Crippen LogP contribution in [0.15, 0.2) is 12.5 Å². The number of anilines is 1. The summed E-state index contributed by atoms with van der Waals surface area (Å²) in [7, 11) is 0. The van der Waals surface area contributed by atoms with E-state index < -0.39 is 43.5 Å². The molecule has 3 rings (SSSR count). The predicted octanol–water partition coefficient (Wildman–Crippen LogP) is 2.57. The SMILES string of the molecule is CCOC(=O)OC[C@H]1O[C@@H](n2cc(I)c3c(N)ncnc32)[C@H](F)C1OC(=O)OCC. The quantitative estimate of drug-likeness (QED) is 0.432. The number of ether oxygens (including phenoxy) is 5. The highest BCUT2D eigenvalue weighted by molar-refractivity contribution is 14.1. The number of halogens is 2. The summed E-state index contributed by atoms with van der Waals surface area (Å²) < 4.78 is 42.7. The Morgan fingerprint density at radius 2 is 1.93 bits per heavy atom. The minimum Gasteiger partial charge on any atom is -0.435 e. The van der Waals surface area contributed by atoms with Gasteiger partial charge >= 0.3 is 12.3 Å². The van der Waals surface area contributed by atoms with Gasteiger partial charge in [-0.1, -0.05) is 0 Å². The van der Waals surface area contributed by atoms with E-state index in [1.807, 2.05) is 22.6 Å². The Bertz CT molecular complexity index is 927. The molecule has 3 heterocycles. The third-order valence-electron chi connectivity index (χ3n) is 4.26. The lowest BCUT2D eigenvalue weighted by Gasteiger charge is -2.18. The fourth-order valence-corrected chi connectivity index (χ4v) is 3.84. The number of rotatable bonds is 6. The molecule has 0 saturated carbocycles. The van der Waals surface area contributed by atoms with Crippen LogP contribution in [0.1, 0.15) is 20.1 Å². The van der Waals surface area contributed by atoms with Crippen LogP contribution in [0, 0.1) is 3.57 Å². The van der Waals surface area contributed by atoms with Gasteiger partial charge in [-0.25, -0.2) is 23.9 Å². The highest BCUT2D eigenvalue weighted by atomic mass is 127. The molecular weight excluding hydrogens is 518 g/mol. The van der Waals surface area contributed by atoms with Crippen LogP contribution < -0.4 is 5.73 Å². The predicted molar refractivity (Wildman–Crippen MR) is 108 cm³/mol. The van der Waals surface area contributed by atoms with Crippen molar-refractivity contribution in [1.29, 1.82) is 0 Å². The molecule has 2 aromatic rings. The second kappa shape index (κ2) is 9.59. The first-order valence-corrected chi connectivity index (χ1v) is 10.1. The van der Waals surface area contributed by atoms with E-state index in [9.17, 15) is 9.59 Å². The molecule has 0 aromatic carbocycles. The number of carbonyl (C=O) groups excluding carboxylic acids is 2. The normalized spacial score (nSPS) is 23.3. The van der Waals surface area contributed by atoms with Crippen molar-refractivity contribution in [3.05, 3.63) is 16.1 Å². The maximum absolute atomic E-state index is 15.4. The summed E-state index contributed by atoms with van der Waals surface area (Å²) in [6.45, 7) is 2.96. The van der Waals surface area contributed by atoms with Crippen molar-refractivity contribution in [2.75, 3.05) is 25.6 Å². The molecule has 0 spiro atoms. The molecule has 2 N–H and O–H groups in total. The summed E-state index contributed by atoms with van der Waals surface area (Å²) in [4.78, 5) is 31.4. The number of carbonyl (C=O) groups is 2. The Morgan fingerprint density at radius 1 is 1.23 bits per heavy atom. The van der Waals surface area contributed by atoms with Crippen molar-refractivity contribution in [3.8, 4) is 0 Å². The van der Waals surface area contributed by atoms with E-state index in [-0.39, 0.29) is 19.0 Å². The highest BCUT2D eigenvalue weighted by Crippen LogP contribution is 2.38. The molecule has 0 amide bonds. The molecule has 0 radical (unpaired) electrons. The number of nitrogens with two attached hydrogens (primary N) is 1. The number of aromatic nitrogens is 3. The second-order valence-corrected chi connectivity index (χ2v) is 7.27. The van der Waals surface area contributed by atoms with Gasteiger partial charge in [0.2, 0.25) is 0 Å². The average Bonchev–Trinajstić information content (AvgIpc) is 3.19. The zero-order valence-electron chi connectivity index (χ0n) is 16.1. The van der Waals surface area contributed by atoms with Crippen molar-refractivity contribution in [2.45, 2.75) is 38.5 Å². The van der Waals surface area contributed by atoms with Crippen molar-refractivity contribution in [1.82, 2.24) is 14.5 Å². The summed E-state index contributed by atoms with van der Waals surface area (Å²) in [6, 6.07) is 0. The summed E-state index contributed by atoms with van der Waals surface area (Å²) >= 11 is 2.02. The fraction of sp³-hybridized carbons (Fsp3) is 0.529. The van der Waals surface area contributed by atoms with Crippen molar-refractivity contribution in [3.63, 3.8) is 0 Å². The van der Waals surface area contributed by atoms with Crippen molar-refractivity contribution < 1.29 is 37.7 Å². The molecule has 30 heavy (non-hydrogen) atoms. The minimum absolute atomic E-state index is 0.0490. The molecule has 1 aliphatic rings. The average molecular weight is 538 g/mol. The number of nitrogens with zero attached hydrogens (tertiary/aromatic N) is 3. The molecule has 1 unspecified atom stereocenters. The number of alkyl halides is 1. The van der Waals surface area contributed by atoms with Crippen LogP contribution in [0.5, 0.6) is 0 Å². The molecule has 1 saturated heterocycles.